The number of anilines is 1. The van der Waals surface area contributed by atoms with Crippen molar-refractivity contribution in [2.45, 2.75) is 0 Å². The molecule has 2 rings (SSSR count). The molecule has 0 bridgehead atoms. The maximum absolute atomic E-state index is 12.2. The third-order valence-corrected chi connectivity index (χ3v) is 4.37. The number of hydrogen-bond donors (Lipinski definition) is 0. The summed E-state index contributed by atoms with van der Waals surface area (Å²) in [5.41, 5.74) is 0.446. The second-order valence-corrected chi connectivity index (χ2v) is 5.51. The highest BCUT2D eigenvalue weighted by molar-refractivity contribution is 9.10. The van der Waals surface area contributed by atoms with Gasteiger partial charge in [0.2, 0.25) is 0 Å². The molecule has 5 nitrogen and oxygen atoms in total. The van der Waals surface area contributed by atoms with Crippen molar-refractivity contribution in [3.05, 3.63) is 55.2 Å². The third kappa shape index (κ3) is 2.82. The monoisotopic (exact) mass is 340 g/mol. The molecule has 0 saturated heterocycles. The van der Waals surface area contributed by atoms with E-state index in [2.05, 4.69) is 15.9 Å². The standard InChI is InChI=1S/C12H9BrN2O3S/c1-14(12(16)11-10(13)5-6-19-11)8-3-2-4-9(7-8)15(17)18/h2-7H,1H3. The van der Waals surface area contributed by atoms with Crippen LogP contribution in [0.4, 0.5) is 11.4 Å². The molecule has 1 aromatic heterocycles. The van der Waals surface area contributed by atoms with Crippen molar-refractivity contribution in [1.82, 2.24) is 0 Å². The van der Waals surface area contributed by atoms with Crippen LogP contribution in [-0.4, -0.2) is 17.9 Å². The van der Waals surface area contributed by atoms with Gasteiger partial charge >= 0.3 is 0 Å². The molecule has 0 unspecified atom stereocenters. The Balaban J connectivity index is 2.32. The van der Waals surface area contributed by atoms with E-state index in [1.54, 1.807) is 30.6 Å². The van der Waals surface area contributed by atoms with Crippen molar-refractivity contribution in [2.75, 3.05) is 11.9 Å². The molecule has 0 aliphatic rings. The van der Waals surface area contributed by atoms with Crippen LogP contribution in [0.1, 0.15) is 9.67 Å². The lowest BCUT2D eigenvalue weighted by atomic mass is 10.2. The van der Waals surface area contributed by atoms with Gasteiger partial charge < -0.3 is 4.90 Å². The van der Waals surface area contributed by atoms with Gasteiger partial charge in [0.15, 0.2) is 0 Å². The number of nitro groups is 1. The molecule has 0 spiro atoms. The molecule has 19 heavy (non-hydrogen) atoms. The summed E-state index contributed by atoms with van der Waals surface area (Å²) in [5, 5.41) is 12.5. The van der Waals surface area contributed by atoms with Crippen molar-refractivity contribution in [3.63, 3.8) is 0 Å². The average molecular weight is 341 g/mol. The minimum Gasteiger partial charge on any atom is -0.310 e. The van der Waals surface area contributed by atoms with E-state index in [0.717, 1.165) is 4.47 Å². The summed E-state index contributed by atoms with van der Waals surface area (Å²) >= 11 is 4.62. The van der Waals surface area contributed by atoms with Crippen LogP contribution in [-0.2, 0) is 0 Å². The number of thiophene rings is 1. The Morgan fingerprint density at radius 3 is 2.74 bits per heavy atom. The van der Waals surface area contributed by atoms with Crippen molar-refractivity contribution < 1.29 is 9.72 Å². The first kappa shape index (κ1) is 13.7. The average Bonchev–Trinajstić information content (AvgIpc) is 2.83. The molecule has 0 fully saturated rings. The molecule has 0 radical (unpaired) electrons. The van der Waals surface area contributed by atoms with E-state index < -0.39 is 4.92 Å². The van der Waals surface area contributed by atoms with E-state index in [4.69, 9.17) is 0 Å². The summed E-state index contributed by atoms with van der Waals surface area (Å²) in [7, 11) is 1.59. The highest BCUT2D eigenvalue weighted by Gasteiger charge is 2.19. The van der Waals surface area contributed by atoms with Gasteiger partial charge in [-0.2, -0.15) is 0 Å². The van der Waals surface area contributed by atoms with Crippen LogP contribution in [0.2, 0.25) is 0 Å². The maximum atomic E-state index is 12.2. The number of nitrogens with zero attached hydrogens (tertiary/aromatic N) is 2. The number of hydrogen-bond acceptors (Lipinski definition) is 4. The maximum Gasteiger partial charge on any atom is 0.271 e. The highest BCUT2D eigenvalue weighted by Crippen LogP contribution is 2.27. The quantitative estimate of drug-likeness (QED) is 0.632. The molecular formula is C12H9BrN2O3S. The molecule has 0 aliphatic carbocycles. The molecule has 1 aromatic carbocycles. The number of rotatable bonds is 3. The highest BCUT2D eigenvalue weighted by atomic mass is 79.9. The first-order valence-corrected chi connectivity index (χ1v) is 6.93. The summed E-state index contributed by atoms with van der Waals surface area (Å²) < 4.78 is 0.722. The lowest BCUT2D eigenvalue weighted by Crippen LogP contribution is -2.25. The van der Waals surface area contributed by atoms with Gasteiger partial charge in [-0.3, -0.25) is 14.9 Å². The lowest BCUT2D eigenvalue weighted by molar-refractivity contribution is -0.384. The zero-order chi connectivity index (χ0) is 14.0. The molecule has 2 aromatic rings. The molecule has 7 heteroatoms. The molecule has 0 saturated carbocycles. The van der Waals surface area contributed by atoms with Gasteiger partial charge in [-0.15, -0.1) is 11.3 Å². The fourth-order valence-electron chi connectivity index (χ4n) is 1.53. The van der Waals surface area contributed by atoms with Gasteiger partial charge in [0.25, 0.3) is 11.6 Å². The molecule has 0 aliphatic heterocycles. The Morgan fingerprint density at radius 1 is 1.42 bits per heavy atom. The minimum absolute atomic E-state index is 0.0394. The smallest absolute Gasteiger partial charge is 0.271 e. The topological polar surface area (TPSA) is 63.5 Å². The summed E-state index contributed by atoms with van der Waals surface area (Å²) in [6.07, 6.45) is 0. The number of carbonyl (C=O) groups is 1. The summed E-state index contributed by atoms with van der Waals surface area (Å²) in [6, 6.07) is 7.77. The number of amides is 1. The number of carbonyl (C=O) groups excluding carboxylic acids is 1. The van der Waals surface area contributed by atoms with Crippen LogP contribution in [0.15, 0.2) is 40.2 Å². The summed E-state index contributed by atoms with van der Waals surface area (Å²) in [4.78, 5) is 24.4. The second kappa shape index (κ2) is 5.50. The van der Waals surface area contributed by atoms with Gasteiger partial charge in [0.1, 0.15) is 4.88 Å². The van der Waals surface area contributed by atoms with E-state index in [1.165, 1.54) is 28.4 Å². The second-order valence-electron chi connectivity index (χ2n) is 3.74. The van der Waals surface area contributed by atoms with Gasteiger partial charge in [0, 0.05) is 23.7 Å². The zero-order valence-electron chi connectivity index (χ0n) is 9.87. The normalized spacial score (nSPS) is 10.2. The van der Waals surface area contributed by atoms with Gasteiger partial charge in [-0.25, -0.2) is 0 Å². The van der Waals surface area contributed by atoms with E-state index in [1.807, 2.05) is 0 Å². The first-order chi connectivity index (χ1) is 9.00. The van der Waals surface area contributed by atoms with Crippen molar-refractivity contribution in [2.24, 2.45) is 0 Å². The third-order valence-electron chi connectivity index (χ3n) is 2.54. The van der Waals surface area contributed by atoms with Crippen molar-refractivity contribution in [3.8, 4) is 0 Å². The van der Waals surface area contributed by atoms with Crippen LogP contribution in [0.5, 0.6) is 0 Å². The van der Waals surface area contributed by atoms with Crippen molar-refractivity contribution >= 4 is 44.5 Å². The van der Waals surface area contributed by atoms with Crippen LogP contribution >= 0.6 is 27.3 Å². The zero-order valence-corrected chi connectivity index (χ0v) is 12.3. The first-order valence-electron chi connectivity index (χ1n) is 5.26. The van der Waals surface area contributed by atoms with Gasteiger partial charge in [-0.05, 0) is 33.4 Å². The Kier molecular flexibility index (Phi) is 3.96. The van der Waals surface area contributed by atoms with Gasteiger partial charge in [-0.1, -0.05) is 6.07 Å². The molecule has 0 atom stereocenters. The van der Waals surface area contributed by atoms with E-state index in [-0.39, 0.29) is 11.6 Å². The van der Waals surface area contributed by atoms with Crippen LogP contribution < -0.4 is 4.90 Å². The predicted octanol–water partition coefficient (Wildman–Crippen LogP) is 3.70. The minimum atomic E-state index is -0.483. The van der Waals surface area contributed by atoms with Gasteiger partial charge in [0.05, 0.1) is 10.6 Å². The molecule has 1 amide bonds. The molecule has 98 valence electrons. The summed E-state index contributed by atoms with van der Waals surface area (Å²) in [5.74, 6) is -0.206. The fourth-order valence-corrected chi connectivity index (χ4v) is 3.05. The SMILES string of the molecule is CN(C(=O)c1sccc1Br)c1cccc([N+](=O)[O-])c1. The fraction of sp³-hybridized carbons (Fsp3) is 0.0833. The Bertz CT molecular complexity index is 641. The Hall–Kier alpha value is -1.73. The Morgan fingerprint density at radius 2 is 2.16 bits per heavy atom. The number of halogens is 1. The van der Waals surface area contributed by atoms with E-state index in [9.17, 15) is 14.9 Å². The van der Waals surface area contributed by atoms with Crippen LogP contribution in [0.3, 0.4) is 0 Å². The number of benzene rings is 1. The molecular weight excluding hydrogens is 332 g/mol. The largest absolute Gasteiger partial charge is 0.310 e. The number of non-ortho nitro benzene ring substituents is 1. The Labute approximate surface area is 121 Å². The lowest BCUT2D eigenvalue weighted by Gasteiger charge is -2.16. The molecule has 1 heterocycles. The summed E-state index contributed by atoms with van der Waals surface area (Å²) in [6.45, 7) is 0. The number of nitro benzene ring substituents is 1. The molecule has 0 N–H and O–H groups in total. The predicted molar refractivity (Wildman–Crippen MR) is 77.8 cm³/mol. The van der Waals surface area contributed by atoms with E-state index >= 15 is 0 Å². The van der Waals surface area contributed by atoms with Crippen molar-refractivity contribution in [1.29, 1.82) is 0 Å². The van der Waals surface area contributed by atoms with E-state index in [0.29, 0.717) is 10.6 Å². The van der Waals surface area contributed by atoms with Crippen LogP contribution in [0, 0.1) is 10.1 Å². The van der Waals surface area contributed by atoms with Crippen LogP contribution in [0.25, 0.3) is 0 Å².